The van der Waals surface area contributed by atoms with Crippen LogP contribution in [0.5, 0.6) is 0 Å². The van der Waals surface area contributed by atoms with Crippen molar-refractivity contribution in [3.05, 3.63) is 83.8 Å². The Morgan fingerprint density at radius 3 is 2.26 bits per heavy atom. The van der Waals surface area contributed by atoms with Gasteiger partial charge in [-0.2, -0.15) is 0 Å². The van der Waals surface area contributed by atoms with Gasteiger partial charge in [0, 0.05) is 11.6 Å². The molecule has 3 heteroatoms. The summed E-state index contributed by atoms with van der Waals surface area (Å²) in [5.41, 5.74) is 6.45. The molecule has 1 aromatic heterocycles. The van der Waals surface area contributed by atoms with E-state index in [4.69, 9.17) is 0 Å². The minimum atomic E-state index is -1.54. The van der Waals surface area contributed by atoms with Crippen molar-refractivity contribution >= 4 is 24.0 Å². The Balaban J connectivity index is 1.68. The molecule has 3 aromatic carbocycles. The lowest BCUT2D eigenvalue weighted by atomic mass is 9.91. The molecule has 4 aromatic rings. The maximum atomic E-state index is 15.4. The quantitative estimate of drug-likeness (QED) is 0.205. The van der Waals surface area contributed by atoms with Gasteiger partial charge < -0.3 is 0 Å². The van der Waals surface area contributed by atoms with Gasteiger partial charge in [-0.3, -0.25) is 0 Å². The standard InChI is InChI=1S/C32H37FNSi/c1-22-23(2)31(33)30(24-12-8-6-9-13-24)21-29(22)32-28-17-16-27(20-25(28)18-19-34(32)3)35(4,5)26-14-10-7-11-15-26/h6,8-9,12-13,16-21,26H,7,10-11,14-15H2,1-5H3/q+1. The van der Waals surface area contributed by atoms with E-state index in [1.54, 1.807) is 5.19 Å². The molecule has 0 bridgehead atoms. The summed E-state index contributed by atoms with van der Waals surface area (Å²) in [6.07, 6.45) is 9.13. The van der Waals surface area contributed by atoms with Gasteiger partial charge in [0.15, 0.2) is 6.20 Å². The first-order chi connectivity index (χ1) is 16.8. The number of rotatable bonds is 4. The van der Waals surface area contributed by atoms with Gasteiger partial charge in [-0.15, -0.1) is 0 Å². The van der Waals surface area contributed by atoms with Crippen molar-refractivity contribution in [1.82, 2.24) is 0 Å². The lowest BCUT2D eigenvalue weighted by Gasteiger charge is -2.36. The highest BCUT2D eigenvalue weighted by Gasteiger charge is 2.34. The second kappa shape index (κ2) is 9.35. The third-order valence-electron chi connectivity index (χ3n) is 8.67. The number of halogens is 1. The smallest absolute Gasteiger partial charge is 0.206 e. The van der Waals surface area contributed by atoms with Gasteiger partial charge >= 0.3 is 0 Å². The summed E-state index contributed by atoms with van der Waals surface area (Å²) < 4.78 is 17.6. The Morgan fingerprint density at radius 1 is 0.829 bits per heavy atom. The monoisotopic (exact) mass is 482 g/mol. The molecule has 1 heterocycles. The minimum Gasteiger partial charge on any atom is -0.206 e. The number of hydrogen-bond acceptors (Lipinski definition) is 0. The molecule has 0 radical (unpaired) electrons. The fraction of sp³-hybridized carbons (Fsp3) is 0.344. The van der Waals surface area contributed by atoms with Crippen LogP contribution in [0.1, 0.15) is 43.2 Å². The average Bonchev–Trinajstić information content (AvgIpc) is 2.89. The Labute approximate surface area is 210 Å². The third kappa shape index (κ3) is 4.25. The van der Waals surface area contributed by atoms with E-state index in [0.717, 1.165) is 33.5 Å². The molecule has 1 aliphatic carbocycles. The van der Waals surface area contributed by atoms with E-state index in [9.17, 15) is 0 Å². The molecular weight excluding hydrogens is 445 g/mol. The highest BCUT2D eigenvalue weighted by molar-refractivity contribution is 6.91. The van der Waals surface area contributed by atoms with E-state index >= 15 is 4.39 Å². The van der Waals surface area contributed by atoms with Gasteiger partial charge in [0.05, 0.1) is 19.0 Å². The van der Waals surface area contributed by atoms with Crippen molar-refractivity contribution in [2.45, 2.75) is 64.6 Å². The van der Waals surface area contributed by atoms with Crippen LogP contribution in [-0.2, 0) is 7.05 Å². The zero-order valence-electron chi connectivity index (χ0n) is 21.8. The Hall–Kier alpha value is -2.78. The number of benzene rings is 3. The van der Waals surface area contributed by atoms with E-state index in [0.29, 0.717) is 5.56 Å². The van der Waals surface area contributed by atoms with Gasteiger partial charge in [0.2, 0.25) is 5.69 Å². The van der Waals surface area contributed by atoms with Gasteiger partial charge in [0.25, 0.3) is 0 Å². The van der Waals surface area contributed by atoms with Crippen molar-refractivity contribution in [3.63, 3.8) is 0 Å². The van der Waals surface area contributed by atoms with Crippen LogP contribution in [0.4, 0.5) is 4.39 Å². The van der Waals surface area contributed by atoms with Crippen LogP contribution in [0.25, 0.3) is 33.2 Å². The van der Waals surface area contributed by atoms with Gasteiger partial charge in [-0.05, 0) is 53.6 Å². The number of hydrogen-bond donors (Lipinski definition) is 0. The molecule has 1 nitrogen and oxygen atoms in total. The van der Waals surface area contributed by atoms with Crippen molar-refractivity contribution in [3.8, 4) is 22.4 Å². The van der Waals surface area contributed by atoms with Crippen molar-refractivity contribution < 1.29 is 8.96 Å². The Kier molecular flexibility index (Phi) is 6.39. The number of pyridine rings is 1. The average molecular weight is 483 g/mol. The molecule has 0 unspecified atom stereocenters. The molecule has 5 rings (SSSR count). The van der Waals surface area contributed by atoms with E-state index in [2.05, 4.69) is 68.2 Å². The molecule has 0 N–H and O–H groups in total. The fourth-order valence-corrected chi connectivity index (χ4v) is 9.49. The van der Waals surface area contributed by atoms with Gasteiger partial charge in [0.1, 0.15) is 12.9 Å². The van der Waals surface area contributed by atoms with Gasteiger partial charge in [-0.1, -0.05) is 92.8 Å². The first-order valence-electron chi connectivity index (χ1n) is 13.1. The molecule has 0 amide bonds. The fourth-order valence-electron chi connectivity index (χ4n) is 6.13. The van der Waals surface area contributed by atoms with Crippen LogP contribution in [-0.4, -0.2) is 8.07 Å². The summed E-state index contributed by atoms with van der Waals surface area (Å²) in [7, 11) is 0.558. The van der Waals surface area contributed by atoms with Crippen LogP contribution < -0.4 is 9.75 Å². The van der Waals surface area contributed by atoms with Crippen LogP contribution >= 0.6 is 0 Å². The topological polar surface area (TPSA) is 3.88 Å². The lowest BCUT2D eigenvalue weighted by Crippen LogP contribution is -2.46. The Bertz CT molecular complexity index is 1380. The second-order valence-electron chi connectivity index (χ2n) is 11.0. The van der Waals surface area contributed by atoms with Crippen molar-refractivity contribution in [2.24, 2.45) is 7.05 Å². The second-order valence-corrected chi connectivity index (χ2v) is 15.9. The molecule has 180 valence electrons. The summed E-state index contributed by atoms with van der Waals surface area (Å²) in [6, 6.07) is 21.4. The lowest BCUT2D eigenvalue weighted by molar-refractivity contribution is -0.659. The summed E-state index contributed by atoms with van der Waals surface area (Å²) >= 11 is 0. The number of aromatic nitrogens is 1. The molecular formula is C32H37FNSi+. The molecule has 1 aliphatic rings. The van der Waals surface area contributed by atoms with Crippen LogP contribution in [0, 0.1) is 19.7 Å². The molecule has 0 saturated heterocycles. The normalized spacial score (nSPS) is 15.0. The highest BCUT2D eigenvalue weighted by atomic mass is 28.3. The van der Waals surface area contributed by atoms with E-state index in [1.807, 2.05) is 37.3 Å². The summed E-state index contributed by atoms with van der Waals surface area (Å²) in [4.78, 5) is 0. The SMILES string of the molecule is Cc1c(-c2c3ccc([Si](C)(C)C4CCCCC4)cc3cc[n+]2C)cc(-c2ccccc2)c(F)c1C. The number of aryl methyl sites for hydroxylation is 1. The number of fused-ring (bicyclic) bond motifs is 1. The van der Waals surface area contributed by atoms with Gasteiger partial charge in [-0.25, -0.2) is 8.96 Å². The molecule has 35 heavy (non-hydrogen) atoms. The van der Waals surface area contributed by atoms with E-state index in [-0.39, 0.29) is 5.82 Å². The minimum absolute atomic E-state index is 0.122. The van der Waals surface area contributed by atoms with E-state index in [1.165, 1.54) is 42.9 Å². The molecule has 0 atom stereocenters. The zero-order chi connectivity index (χ0) is 24.7. The first-order valence-corrected chi connectivity index (χ1v) is 16.1. The molecule has 1 fully saturated rings. The maximum absolute atomic E-state index is 15.4. The summed E-state index contributed by atoms with van der Waals surface area (Å²) in [5.74, 6) is -0.122. The van der Waals surface area contributed by atoms with E-state index < -0.39 is 8.07 Å². The zero-order valence-corrected chi connectivity index (χ0v) is 22.8. The molecule has 0 spiro atoms. The Morgan fingerprint density at radius 2 is 1.54 bits per heavy atom. The van der Waals surface area contributed by atoms with Crippen molar-refractivity contribution in [1.29, 1.82) is 0 Å². The van der Waals surface area contributed by atoms with Crippen LogP contribution in [0.2, 0.25) is 18.6 Å². The van der Waals surface area contributed by atoms with Crippen LogP contribution in [0.15, 0.2) is 66.9 Å². The van der Waals surface area contributed by atoms with Crippen LogP contribution in [0.3, 0.4) is 0 Å². The summed E-state index contributed by atoms with van der Waals surface area (Å²) in [6.45, 7) is 9.08. The number of nitrogens with zero attached hydrogens (tertiary/aromatic N) is 1. The predicted molar refractivity (Wildman–Crippen MR) is 149 cm³/mol. The first kappa shape index (κ1) is 23.9. The summed E-state index contributed by atoms with van der Waals surface area (Å²) in [5, 5.41) is 4.09. The largest absolute Gasteiger partial charge is 0.220 e. The highest BCUT2D eigenvalue weighted by Crippen LogP contribution is 2.38. The molecule has 1 saturated carbocycles. The third-order valence-corrected chi connectivity index (χ3v) is 13.1. The molecule has 0 aliphatic heterocycles. The maximum Gasteiger partial charge on any atom is 0.220 e. The predicted octanol–water partition coefficient (Wildman–Crippen LogP) is 8.00. The van der Waals surface area contributed by atoms with Crippen molar-refractivity contribution in [2.75, 3.05) is 0 Å².